The molecule has 0 bridgehead atoms. The standard InChI is InChI=1S/C14H21N3O2/c1-3-9-4-5-12(8(9)2)17-13-11(14(18)19)6-10(15)7-16-13/h6-9,12H,3-5,15H2,1-2H3,(H,16,17)(H,18,19). The second-order valence-corrected chi connectivity index (χ2v) is 5.33. The molecule has 0 saturated heterocycles. The average Bonchev–Trinajstić information content (AvgIpc) is 2.72. The Bertz CT molecular complexity index is 476. The topological polar surface area (TPSA) is 88.2 Å². The van der Waals surface area contributed by atoms with Crippen molar-refractivity contribution < 1.29 is 9.90 Å². The van der Waals surface area contributed by atoms with Crippen LogP contribution in [-0.2, 0) is 0 Å². The summed E-state index contributed by atoms with van der Waals surface area (Å²) in [5.74, 6) is 0.667. The van der Waals surface area contributed by atoms with Crippen molar-refractivity contribution in [1.29, 1.82) is 0 Å². The fourth-order valence-electron chi connectivity index (χ4n) is 2.96. The van der Waals surface area contributed by atoms with E-state index in [4.69, 9.17) is 5.73 Å². The molecule has 3 atom stereocenters. The Morgan fingerprint density at radius 2 is 2.32 bits per heavy atom. The van der Waals surface area contributed by atoms with Crippen molar-refractivity contribution in [1.82, 2.24) is 4.98 Å². The van der Waals surface area contributed by atoms with Gasteiger partial charge in [0.2, 0.25) is 0 Å². The van der Waals surface area contributed by atoms with Gasteiger partial charge in [-0.1, -0.05) is 20.3 Å². The summed E-state index contributed by atoms with van der Waals surface area (Å²) in [5, 5.41) is 12.5. The number of carboxylic acids is 1. The van der Waals surface area contributed by atoms with Gasteiger partial charge in [-0.25, -0.2) is 9.78 Å². The van der Waals surface area contributed by atoms with E-state index in [0.717, 1.165) is 6.42 Å². The van der Waals surface area contributed by atoms with Gasteiger partial charge >= 0.3 is 5.97 Å². The maximum Gasteiger partial charge on any atom is 0.339 e. The van der Waals surface area contributed by atoms with Crippen LogP contribution in [0.5, 0.6) is 0 Å². The predicted octanol–water partition coefficient (Wildman–Crippen LogP) is 2.60. The number of nitrogens with one attached hydrogen (secondary N) is 1. The van der Waals surface area contributed by atoms with Crippen LogP contribution in [0.25, 0.3) is 0 Å². The van der Waals surface area contributed by atoms with E-state index in [2.05, 4.69) is 24.1 Å². The molecule has 19 heavy (non-hydrogen) atoms. The van der Waals surface area contributed by atoms with Crippen molar-refractivity contribution in [3.05, 3.63) is 17.8 Å². The monoisotopic (exact) mass is 263 g/mol. The number of hydrogen-bond acceptors (Lipinski definition) is 4. The molecule has 1 aromatic heterocycles. The summed E-state index contributed by atoms with van der Waals surface area (Å²) in [4.78, 5) is 15.3. The Balaban J connectivity index is 2.18. The minimum absolute atomic E-state index is 0.146. The van der Waals surface area contributed by atoms with Crippen LogP contribution in [0.3, 0.4) is 0 Å². The molecule has 5 nitrogen and oxygen atoms in total. The quantitative estimate of drug-likeness (QED) is 0.777. The largest absolute Gasteiger partial charge is 0.478 e. The van der Waals surface area contributed by atoms with E-state index in [9.17, 15) is 9.90 Å². The Morgan fingerprint density at radius 1 is 1.58 bits per heavy atom. The minimum Gasteiger partial charge on any atom is -0.478 e. The van der Waals surface area contributed by atoms with E-state index in [-0.39, 0.29) is 5.56 Å². The SMILES string of the molecule is CCC1CCC(Nc2ncc(N)cc2C(=O)O)C1C. The Hall–Kier alpha value is -1.78. The Labute approximate surface area is 113 Å². The summed E-state index contributed by atoms with van der Waals surface area (Å²) in [6.45, 7) is 4.42. The van der Waals surface area contributed by atoms with Gasteiger partial charge in [0, 0.05) is 6.04 Å². The van der Waals surface area contributed by atoms with Crippen molar-refractivity contribution in [2.75, 3.05) is 11.1 Å². The highest BCUT2D eigenvalue weighted by Gasteiger charge is 2.32. The van der Waals surface area contributed by atoms with Crippen LogP contribution < -0.4 is 11.1 Å². The summed E-state index contributed by atoms with van der Waals surface area (Å²) < 4.78 is 0. The molecule has 1 aliphatic carbocycles. The lowest BCUT2D eigenvalue weighted by atomic mass is 9.93. The number of carboxylic acid groups (broad SMARTS) is 1. The molecule has 1 fully saturated rings. The molecule has 0 aromatic carbocycles. The Morgan fingerprint density at radius 3 is 2.89 bits per heavy atom. The van der Waals surface area contributed by atoms with Gasteiger partial charge in [0.15, 0.2) is 0 Å². The summed E-state index contributed by atoms with van der Waals surface area (Å²) in [6, 6.07) is 1.74. The van der Waals surface area contributed by atoms with Gasteiger partial charge in [0.1, 0.15) is 11.4 Å². The highest BCUT2D eigenvalue weighted by molar-refractivity contribution is 5.94. The third-order valence-corrected chi connectivity index (χ3v) is 4.21. The van der Waals surface area contributed by atoms with E-state index < -0.39 is 5.97 Å². The number of hydrogen-bond donors (Lipinski definition) is 3. The first-order valence-corrected chi connectivity index (χ1v) is 6.78. The number of rotatable bonds is 4. The molecule has 0 spiro atoms. The highest BCUT2D eigenvalue weighted by atomic mass is 16.4. The predicted molar refractivity (Wildman–Crippen MR) is 75.2 cm³/mol. The van der Waals surface area contributed by atoms with Crippen LogP contribution in [-0.4, -0.2) is 22.1 Å². The maximum atomic E-state index is 11.2. The van der Waals surface area contributed by atoms with Crippen LogP contribution in [0, 0.1) is 11.8 Å². The van der Waals surface area contributed by atoms with Crippen LogP contribution in [0.15, 0.2) is 12.3 Å². The molecule has 104 valence electrons. The number of pyridine rings is 1. The summed E-state index contributed by atoms with van der Waals surface area (Å²) in [6.07, 6.45) is 4.91. The molecular weight excluding hydrogens is 242 g/mol. The van der Waals surface area contributed by atoms with Crippen LogP contribution in [0.4, 0.5) is 11.5 Å². The van der Waals surface area contributed by atoms with E-state index in [1.807, 2.05) is 0 Å². The van der Waals surface area contributed by atoms with Gasteiger partial charge in [-0.05, 0) is 30.7 Å². The molecule has 3 unspecified atom stereocenters. The number of carbonyl (C=O) groups is 1. The highest BCUT2D eigenvalue weighted by Crippen LogP contribution is 2.35. The molecule has 1 aliphatic rings. The lowest BCUT2D eigenvalue weighted by molar-refractivity contribution is 0.0697. The van der Waals surface area contributed by atoms with Crippen LogP contribution >= 0.6 is 0 Å². The van der Waals surface area contributed by atoms with Crippen molar-refractivity contribution in [2.45, 2.75) is 39.2 Å². The van der Waals surface area contributed by atoms with Gasteiger partial charge in [0.05, 0.1) is 11.9 Å². The van der Waals surface area contributed by atoms with Crippen molar-refractivity contribution in [3.63, 3.8) is 0 Å². The van der Waals surface area contributed by atoms with E-state index in [1.54, 1.807) is 0 Å². The zero-order valence-electron chi connectivity index (χ0n) is 11.4. The number of nitrogens with two attached hydrogens (primary N) is 1. The second kappa shape index (κ2) is 5.47. The van der Waals surface area contributed by atoms with Crippen molar-refractivity contribution in [3.8, 4) is 0 Å². The number of anilines is 2. The summed E-state index contributed by atoms with van der Waals surface area (Å²) in [5.41, 5.74) is 6.11. The second-order valence-electron chi connectivity index (χ2n) is 5.33. The number of aromatic nitrogens is 1. The molecule has 4 N–H and O–H groups in total. The summed E-state index contributed by atoms with van der Waals surface area (Å²) in [7, 11) is 0. The maximum absolute atomic E-state index is 11.2. The third kappa shape index (κ3) is 2.80. The normalized spacial score (nSPS) is 26.3. The fraction of sp³-hybridized carbons (Fsp3) is 0.571. The molecule has 1 aromatic rings. The molecule has 0 amide bonds. The van der Waals surface area contributed by atoms with E-state index in [0.29, 0.717) is 29.4 Å². The van der Waals surface area contributed by atoms with Gasteiger partial charge in [-0.3, -0.25) is 0 Å². The first-order valence-electron chi connectivity index (χ1n) is 6.78. The smallest absolute Gasteiger partial charge is 0.339 e. The average molecular weight is 263 g/mol. The van der Waals surface area contributed by atoms with E-state index >= 15 is 0 Å². The summed E-state index contributed by atoms with van der Waals surface area (Å²) >= 11 is 0. The van der Waals surface area contributed by atoms with Gasteiger partial charge < -0.3 is 16.2 Å². The third-order valence-electron chi connectivity index (χ3n) is 4.21. The molecule has 2 rings (SSSR count). The van der Waals surface area contributed by atoms with Crippen LogP contribution in [0.1, 0.15) is 43.5 Å². The first kappa shape index (κ1) is 13.6. The molecule has 5 heteroatoms. The number of aromatic carboxylic acids is 1. The Kier molecular flexibility index (Phi) is 3.93. The molecule has 0 radical (unpaired) electrons. The lowest BCUT2D eigenvalue weighted by Crippen LogP contribution is -2.26. The number of nitrogen functional groups attached to an aromatic ring is 1. The van der Waals surface area contributed by atoms with Crippen LogP contribution in [0.2, 0.25) is 0 Å². The first-order chi connectivity index (χ1) is 9.02. The molecular formula is C14H21N3O2. The van der Waals surface area contributed by atoms with E-state index in [1.165, 1.54) is 25.1 Å². The molecule has 1 saturated carbocycles. The van der Waals surface area contributed by atoms with Crippen molar-refractivity contribution >= 4 is 17.5 Å². The van der Waals surface area contributed by atoms with Gasteiger partial charge in [-0.15, -0.1) is 0 Å². The zero-order valence-corrected chi connectivity index (χ0v) is 11.4. The number of nitrogens with zero attached hydrogens (tertiary/aromatic N) is 1. The minimum atomic E-state index is -1.00. The molecule has 1 heterocycles. The molecule has 0 aliphatic heterocycles. The zero-order chi connectivity index (χ0) is 14.0. The van der Waals surface area contributed by atoms with Crippen molar-refractivity contribution in [2.24, 2.45) is 11.8 Å². The fourth-order valence-corrected chi connectivity index (χ4v) is 2.96. The van der Waals surface area contributed by atoms with Gasteiger partial charge in [0.25, 0.3) is 0 Å². The lowest BCUT2D eigenvalue weighted by Gasteiger charge is -2.22. The van der Waals surface area contributed by atoms with Gasteiger partial charge in [-0.2, -0.15) is 0 Å².